The van der Waals surface area contributed by atoms with E-state index in [9.17, 15) is 26.3 Å². The lowest BCUT2D eigenvalue weighted by atomic mass is 10.7. The van der Waals surface area contributed by atoms with Gasteiger partial charge in [0.15, 0.2) is 0 Å². The second-order valence-corrected chi connectivity index (χ2v) is 11.7. The van der Waals surface area contributed by atoms with Crippen molar-refractivity contribution in [3.8, 4) is 0 Å². The zero-order valence-electron chi connectivity index (χ0n) is 10.9. The molecule has 0 radical (unpaired) electrons. The highest BCUT2D eigenvalue weighted by Crippen LogP contribution is 2.23. The van der Waals surface area contributed by atoms with Gasteiger partial charge in [-0.25, -0.2) is 0 Å². The minimum absolute atomic E-state index is 1.32. The number of hydrogen-bond donors (Lipinski definition) is 0. The van der Waals surface area contributed by atoms with Gasteiger partial charge in [-0.2, -0.15) is 26.3 Å². The molecule has 0 aliphatic rings. The van der Waals surface area contributed by atoms with E-state index in [1.165, 1.54) is 26.2 Å². The summed E-state index contributed by atoms with van der Waals surface area (Å²) in [6.07, 6.45) is -9.02. The van der Waals surface area contributed by atoms with E-state index in [1.807, 2.05) is 0 Å². The molecule has 0 fully saturated rings. The maximum atomic E-state index is 12.0. The Morgan fingerprint density at radius 1 is 0.684 bits per heavy atom. The molecule has 0 aromatic heterocycles. The SMILES string of the molecule is C[Si](C)(OCC(F)(F)F)O[Si](C)(C)OCC(F)(F)F. The molecule has 19 heavy (non-hydrogen) atoms. The molecule has 0 heterocycles. The lowest BCUT2D eigenvalue weighted by molar-refractivity contribution is -0.160. The molecule has 116 valence electrons. The Morgan fingerprint density at radius 3 is 1.16 bits per heavy atom. The van der Waals surface area contributed by atoms with Gasteiger partial charge in [-0.15, -0.1) is 0 Å². The number of rotatable bonds is 6. The van der Waals surface area contributed by atoms with E-state index < -0.39 is 42.7 Å². The second kappa shape index (κ2) is 6.12. The molecule has 0 rings (SSSR count). The molecule has 0 N–H and O–H groups in total. The van der Waals surface area contributed by atoms with Gasteiger partial charge in [-0.1, -0.05) is 0 Å². The summed E-state index contributed by atoms with van der Waals surface area (Å²) in [5.74, 6) is 0. The van der Waals surface area contributed by atoms with Crippen LogP contribution in [0.25, 0.3) is 0 Å². The van der Waals surface area contributed by atoms with E-state index in [4.69, 9.17) is 4.12 Å². The zero-order chi connectivity index (χ0) is 15.5. The first-order valence-corrected chi connectivity index (χ1v) is 10.9. The fraction of sp³-hybridized carbons (Fsp3) is 1.00. The lowest BCUT2D eigenvalue weighted by Crippen LogP contribution is -2.50. The Labute approximate surface area is 109 Å². The monoisotopic (exact) mass is 330 g/mol. The summed E-state index contributed by atoms with van der Waals surface area (Å²) < 4.78 is 86.5. The van der Waals surface area contributed by atoms with Crippen molar-refractivity contribution in [2.75, 3.05) is 13.2 Å². The van der Waals surface area contributed by atoms with Crippen LogP contribution < -0.4 is 0 Å². The van der Waals surface area contributed by atoms with Gasteiger partial charge in [0.25, 0.3) is 0 Å². The van der Waals surface area contributed by atoms with Crippen molar-refractivity contribution >= 4 is 17.1 Å². The number of halogens is 6. The summed E-state index contributed by atoms with van der Waals surface area (Å²) in [6, 6.07) is 0. The van der Waals surface area contributed by atoms with Gasteiger partial charge >= 0.3 is 29.5 Å². The third-order valence-electron chi connectivity index (χ3n) is 1.66. The zero-order valence-corrected chi connectivity index (χ0v) is 12.9. The van der Waals surface area contributed by atoms with Gasteiger partial charge in [0.05, 0.1) is 0 Å². The maximum absolute atomic E-state index is 12.0. The molecule has 0 unspecified atom stereocenters. The molecule has 11 heteroatoms. The Morgan fingerprint density at radius 2 is 0.947 bits per heavy atom. The van der Waals surface area contributed by atoms with Crippen LogP contribution in [0.1, 0.15) is 0 Å². The van der Waals surface area contributed by atoms with Crippen molar-refractivity contribution < 1.29 is 39.3 Å². The second-order valence-electron chi connectivity index (χ2n) is 4.71. The van der Waals surface area contributed by atoms with E-state index in [0.29, 0.717) is 0 Å². The Balaban J connectivity index is 4.37. The van der Waals surface area contributed by atoms with Crippen LogP contribution in [-0.2, 0) is 13.0 Å². The van der Waals surface area contributed by atoms with E-state index in [2.05, 4.69) is 8.85 Å². The molecule has 0 aromatic rings. The Hall–Kier alpha value is -0.106. The van der Waals surface area contributed by atoms with Crippen molar-refractivity contribution in [2.24, 2.45) is 0 Å². The van der Waals surface area contributed by atoms with Crippen LogP contribution in [0.4, 0.5) is 26.3 Å². The van der Waals surface area contributed by atoms with Crippen LogP contribution in [-0.4, -0.2) is 42.7 Å². The van der Waals surface area contributed by atoms with Crippen molar-refractivity contribution in [1.82, 2.24) is 0 Å². The van der Waals surface area contributed by atoms with E-state index >= 15 is 0 Å². The first-order chi connectivity index (χ1) is 8.12. The molecule has 0 aromatic carbocycles. The predicted octanol–water partition coefficient (Wildman–Crippen LogP) is 3.56. The van der Waals surface area contributed by atoms with Gasteiger partial charge in [-0.3, -0.25) is 0 Å². The van der Waals surface area contributed by atoms with Gasteiger partial charge < -0.3 is 13.0 Å². The van der Waals surface area contributed by atoms with Crippen LogP contribution in [0.2, 0.25) is 26.2 Å². The van der Waals surface area contributed by atoms with Crippen molar-refractivity contribution in [1.29, 1.82) is 0 Å². The van der Waals surface area contributed by atoms with Crippen LogP contribution in [0.15, 0.2) is 0 Å². The molecular weight excluding hydrogens is 314 g/mol. The van der Waals surface area contributed by atoms with Crippen molar-refractivity contribution in [3.05, 3.63) is 0 Å². The van der Waals surface area contributed by atoms with Gasteiger partial charge in [0.2, 0.25) is 0 Å². The topological polar surface area (TPSA) is 27.7 Å². The number of hydrogen-bond acceptors (Lipinski definition) is 3. The summed E-state index contributed by atoms with van der Waals surface area (Å²) in [5, 5.41) is 0. The van der Waals surface area contributed by atoms with Crippen molar-refractivity contribution in [2.45, 2.75) is 38.5 Å². The quantitative estimate of drug-likeness (QED) is 0.550. The highest BCUT2D eigenvalue weighted by molar-refractivity contribution is 6.78. The van der Waals surface area contributed by atoms with E-state index in [0.717, 1.165) is 0 Å². The molecule has 0 aliphatic heterocycles. The molecule has 0 atom stereocenters. The first kappa shape index (κ1) is 18.9. The third kappa shape index (κ3) is 11.4. The third-order valence-corrected chi connectivity index (χ3v) is 7.27. The highest BCUT2D eigenvalue weighted by atomic mass is 28.5. The molecule has 0 saturated heterocycles. The smallest absolute Gasteiger partial charge is 0.410 e. The minimum atomic E-state index is -4.51. The van der Waals surface area contributed by atoms with Gasteiger partial charge in [-0.05, 0) is 26.2 Å². The summed E-state index contributed by atoms with van der Waals surface area (Å²) in [5.41, 5.74) is 0. The Kier molecular flexibility index (Phi) is 6.08. The molecule has 0 amide bonds. The highest BCUT2D eigenvalue weighted by Gasteiger charge is 2.41. The minimum Gasteiger partial charge on any atom is -0.415 e. The number of alkyl halides is 6. The Bertz CT molecular complexity index is 261. The fourth-order valence-electron chi connectivity index (χ4n) is 1.16. The average molecular weight is 330 g/mol. The van der Waals surface area contributed by atoms with Crippen molar-refractivity contribution in [3.63, 3.8) is 0 Å². The molecular formula is C8H16F6O3Si2. The molecule has 0 bridgehead atoms. The normalized spacial score (nSPS) is 14.8. The molecule has 0 saturated carbocycles. The predicted molar refractivity (Wildman–Crippen MR) is 60.1 cm³/mol. The van der Waals surface area contributed by atoms with Crippen LogP contribution in [0.5, 0.6) is 0 Å². The lowest BCUT2D eigenvalue weighted by Gasteiger charge is -2.33. The maximum Gasteiger partial charge on any atom is 0.410 e. The average Bonchev–Trinajstić information content (AvgIpc) is 2.09. The van der Waals surface area contributed by atoms with Gasteiger partial charge in [0, 0.05) is 0 Å². The molecule has 0 aliphatic carbocycles. The summed E-state index contributed by atoms with van der Waals surface area (Å²) in [6.45, 7) is 2.32. The standard InChI is InChI=1S/C8H16F6O3Si2/c1-18(2,15-5-7(9,10)11)17-19(3,4)16-6-8(12,13)14/h5-6H2,1-4H3. The summed E-state index contributed by atoms with van der Waals surface area (Å²) in [7, 11) is -6.39. The first-order valence-electron chi connectivity index (χ1n) is 5.23. The van der Waals surface area contributed by atoms with Crippen LogP contribution >= 0.6 is 0 Å². The van der Waals surface area contributed by atoms with Crippen LogP contribution in [0, 0.1) is 0 Å². The summed E-state index contributed by atoms with van der Waals surface area (Å²) >= 11 is 0. The summed E-state index contributed by atoms with van der Waals surface area (Å²) in [4.78, 5) is 0. The molecule has 3 nitrogen and oxygen atoms in total. The largest absolute Gasteiger partial charge is 0.415 e. The van der Waals surface area contributed by atoms with E-state index in [-0.39, 0.29) is 0 Å². The van der Waals surface area contributed by atoms with Crippen LogP contribution in [0.3, 0.4) is 0 Å². The fourth-order valence-corrected chi connectivity index (χ4v) is 7.39. The molecule has 0 spiro atoms. The van der Waals surface area contributed by atoms with Gasteiger partial charge in [0.1, 0.15) is 13.2 Å². The van der Waals surface area contributed by atoms with E-state index in [1.54, 1.807) is 0 Å².